The molecule has 0 fully saturated rings. The lowest BCUT2D eigenvalue weighted by atomic mass is 9.85. The summed E-state index contributed by atoms with van der Waals surface area (Å²) >= 11 is 0. The summed E-state index contributed by atoms with van der Waals surface area (Å²) < 4.78 is 0. The fourth-order valence-electron chi connectivity index (χ4n) is 2.88. The van der Waals surface area contributed by atoms with Crippen molar-refractivity contribution < 1.29 is 9.90 Å². The first-order chi connectivity index (χ1) is 8.71. The highest BCUT2D eigenvalue weighted by Gasteiger charge is 2.33. The molecular weight excluding hydrogens is 238 g/mol. The van der Waals surface area contributed by atoms with Gasteiger partial charge in [-0.1, -0.05) is 17.7 Å². The Kier molecular flexibility index (Phi) is 3.17. The van der Waals surface area contributed by atoms with Gasteiger partial charge in [-0.15, -0.1) is 0 Å². The summed E-state index contributed by atoms with van der Waals surface area (Å²) in [5, 5.41) is 13.2. The van der Waals surface area contributed by atoms with Gasteiger partial charge >= 0.3 is 0 Å². The molecule has 0 saturated carbocycles. The number of rotatable bonds is 1. The molecule has 1 aromatic carbocycles. The largest absolute Gasteiger partial charge is 0.511 e. The van der Waals surface area contributed by atoms with Crippen LogP contribution in [0.15, 0.2) is 17.9 Å². The van der Waals surface area contributed by atoms with Crippen molar-refractivity contribution in [2.75, 3.05) is 0 Å². The number of nitrogens with one attached hydrogen (secondary N) is 1. The van der Waals surface area contributed by atoms with Crippen molar-refractivity contribution in [3.8, 4) is 0 Å². The Morgan fingerprint density at radius 2 is 1.68 bits per heavy atom. The number of carbonyl (C=O) groups is 1. The molecule has 0 saturated heterocycles. The number of aliphatic hydroxyl groups is 1. The van der Waals surface area contributed by atoms with Crippen LogP contribution < -0.4 is 5.32 Å². The summed E-state index contributed by atoms with van der Waals surface area (Å²) in [5.74, 6) is -0.00685. The van der Waals surface area contributed by atoms with E-state index in [1.54, 1.807) is 0 Å². The standard InChI is InChI=1S/C16H21NO2/c1-9-6-10(2)13(11(3)7-9)14-12(18)8-16(4,5)17-15(14)19/h6-7,18H,8H2,1-5H3,(H,17,19). The number of hydrogen-bond donors (Lipinski definition) is 2. The van der Waals surface area contributed by atoms with Gasteiger partial charge in [0.15, 0.2) is 0 Å². The highest BCUT2D eigenvalue weighted by Crippen LogP contribution is 2.33. The van der Waals surface area contributed by atoms with E-state index < -0.39 is 5.54 Å². The zero-order chi connectivity index (χ0) is 14.4. The van der Waals surface area contributed by atoms with Gasteiger partial charge in [0.2, 0.25) is 0 Å². The van der Waals surface area contributed by atoms with E-state index in [1.807, 2.05) is 46.8 Å². The second kappa shape index (κ2) is 4.41. The average Bonchev–Trinajstić information content (AvgIpc) is 2.18. The normalized spacial score (nSPS) is 18.5. The lowest BCUT2D eigenvalue weighted by Crippen LogP contribution is -2.47. The third-order valence-electron chi connectivity index (χ3n) is 3.50. The zero-order valence-corrected chi connectivity index (χ0v) is 12.2. The minimum Gasteiger partial charge on any atom is -0.511 e. The first kappa shape index (κ1) is 13.7. The van der Waals surface area contributed by atoms with E-state index in [0.29, 0.717) is 12.0 Å². The van der Waals surface area contributed by atoms with Crippen LogP contribution in [-0.2, 0) is 4.79 Å². The third-order valence-corrected chi connectivity index (χ3v) is 3.50. The smallest absolute Gasteiger partial charge is 0.255 e. The van der Waals surface area contributed by atoms with Gasteiger partial charge in [0.25, 0.3) is 5.91 Å². The van der Waals surface area contributed by atoms with E-state index in [9.17, 15) is 9.90 Å². The summed E-state index contributed by atoms with van der Waals surface area (Å²) in [6.45, 7) is 9.80. The van der Waals surface area contributed by atoms with E-state index in [0.717, 1.165) is 22.3 Å². The van der Waals surface area contributed by atoms with Gasteiger partial charge in [-0.25, -0.2) is 0 Å². The minimum atomic E-state index is -0.392. The highest BCUT2D eigenvalue weighted by atomic mass is 16.3. The maximum atomic E-state index is 12.3. The van der Waals surface area contributed by atoms with Crippen molar-refractivity contribution in [1.82, 2.24) is 5.32 Å². The molecule has 0 bridgehead atoms. The number of benzene rings is 1. The number of aryl methyl sites for hydroxylation is 3. The molecule has 0 atom stereocenters. The third kappa shape index (κ3) is 2.50. The van der Waals surface area contributed by atoms with Crippen LogP contribution in [0.1, 0.15) is 42.5 Å². The lowest BCUT2D eigenvalue weighted by molar-refractivity contribution is -0.117. The molecule has 102 valence electrons. The molecule has 3 nitrogen and oxygen atoms in total. The van der Waals surface area contributed by atoms with Crippen molar-refractivity contribution in [2.24, 2.45) is 0 Å². The summed E-state index contributed by atoms with van der Waals surface area (Å²) in [6.07, 6.45) is 0.459. The molecule has 1 aliphatic rings. The first-order valence-electron chi connectivity index (χ1n) is 6.54. The van der Waals surface area contributed by atoms with Crippen LogP contribution in [-0.4, -0.2) is 16.6 Å². The summed E-state index contributed by atoms with van der Waals surface area (Å²) in [7, 11) is 0. The predicted molar refractivity (Wildman–Crippen MR) is 77.0 cm³/mol. The number of carbonyl (C=O) groups excluding carboxylic acids is 1. The fourth-order valence-corrected chi connectivity index (χ4v) is 2.88. The molecular formula is C16H21NO2. The SMILES string of the molecule is Cc1cc(C)c(C2=C(O)CC(C)(C)NC2=O)c(C)c1. The maximum absolute atomic E-state index is 12.3. The van der Waals surface area contributed by atoms with Gasteiger partial charge < -0.3 is 10.4 Å². The molecule has 1 amide bonds. The van der Waals surface area contributed by atoms with Crippen molar-refractivity contribution in [2.45, 2.75) is 46.6 Å². The molecule has 1 heterocycles. The average molecular weight is 259 g/mol. The van der Waals surface area contributed by atoms with E-state index >= 15 is 0 Å². The van der Waals surface area contributed by atoms with Crippen molar-refractivity contribution in [1.29, 1.82) is 0 Å². The topological polar surface area (TPSA) is 49.3 Å². The monoisotopic (exact) mass is 259 g/mol. The van der Waals surface area contributed by atoms with Gasteiger partial charge in [-0.2, -0.15) is 0 Å². The molecule has 0 spiro atoms. The first-order valence-corrected chi connectivity index (χ1v) is 6.54. The summed E-state index contributed by atoms with van der Waals surface area (Å²) in [6, 6.07) is 4.07. The second-order valence-electron chi connectivity index (χ2n) is 6.11. The van der Waals surface area contributed by atoms with Crippen LogP contribution in [0.25, 0.3) is 5.57 Å². The van der Waals surface area contributed by atoms with Gasteiger partial charge in [0, 0.05) is 12.0 Å². The van der Waals surface area contributed by atoms with Crippen LogP contribution >= 0.6 is 0 Å². The maximum Gasteiger partial charge on any atom is 0.255 e. The molecule has 0 aliphatic carbocycles. The Morgan fingerprint density at radius 3 is 2.16 bits per heavy atom. The Labute approximate surface area is 114 Å². The number of hydrogen-bond acceptors (Lipinski definition) is 2. The van der Waals surface area contributed by atoms with Crippen molar-refractivity contribution in [3.63, 3.8) is 0 Å². The quantitative estimate of drug-likeness (QED) is 0.813. The summed E-state index contributed by atoms with van der Waals surface area (Å²) in [4.78, 5) is 12.3. The van der Waals surface area contributed by atoms with E-state index in [2.05, 4.69) is 5.32 Å². The second-order valence-corrected chi connectivity index (χ2v) is 6.11. The Balaban J connectivity index is 2.62. The van der Waals surface area contributed by atoms with Crippen LogP contribution in [0.2, 0.25) is 0 Å². The Bertz CT molecular complexity index is 559. The molecule has 1 aliphatic heterocycles. The zero-order valence-electron chi connectivity index (χ0n) is 12.2. The van der Waals surface area contributed by atoms with Crippen molar-refractivity contribution >= 4 is 11.5 Å². The number of amides is 1. The van der Waals surface area contributed by atoms with Gasteiger partial charge in [-0.3, -0.25) is 4.79 Å². The highest BCUT2D eigenvalue weighted by molar-refractivity contribution is 6.21. The van der Waals surface area contributed by atoms with Crippen LogP contribution in [0, 0.1) is 20.8 Å². The molecule has 19 heavy (non-hydrogen) atoms. The molecule has 0 aromatic heterocycles. The molecule has 0 unspecified atom stereocenters. The minimum absolute atomic E-state index is 0.184. The van der Waals surface area contributed by atoms with Crippen LogP contribution in [0.3, 0.4) is 0 Å². The summed E-state index contributed by atoms with van der Waals surface area (Å²) in [5.41, 5.74) is 4.10. The lowest BCUT2D eigenvalue weighted by Gasteiger charge is -2.32. The predicted octanol–water partition coefficient (Wildman–Crippen LogP) is 3.18. The molecule has 1 aromatic rings. The van der Waals surface area contributed by atoms with Crippen molar-refractivity contribution in [3.05, 3.63) is 40.1 Å². The molecule has 3 heteroatoms. The van der Waals surface area contributed by atoms with Gasteiger partial charge in [0.1, 0.15) is 5.76 Å². The fraction of sp³-hybridized carbons (Fsp3) is 0.438. The Morgan fingerprint density at radius 1 is 1.16 bits per heavy atom. The van der Waals surface area contributed by atoms with Crippen LogP contribution in [0.4, 0.5) is 0 Å². The van der Waals surface area contributed by atoms with E-state index in [4.69, 9.17) is 0 Å². The molecule has 2 N–H and O–H groups in total. The van der Waals surface area contributed by atoms with E-state index in [1.165, 1.54) is 0 Å². The van der Waals surface area contributed by atoms with E-state index in [-0.39, 0.29) is 11.7 Å². The Hall–Kier alpha value is -1.77. The van der Waals surface area contributed by atoms with Crippen LogP contribution in [0.5, 0.6) is 0 Å². The molecule has 2 rings (SSSR count). The molecule has 0 radical (unpaired) electrons. The number of aliphatic hydroxyl groups excluding tert-OH is 1. The van der Waals surface area contributed by atoms with Gasteiger partial charge in [0.05, 0.1) is 5.57 Å². The van der Waals surface area contributed by atoms with Gasteiger partial charge in [-0.05, 0) is 51.3 Å².